The van der Waals surface area contributed by atoms with E-state index in [1.165, 1.54) is 4.88 Å². The van der Waals surface area contributed by atoms with Crippen molar-refractivity contribution >= 4 is 34.8 Å². The lowest BCUT2D eigenvalue weighted by atomic mass is 9.98. The first-order valence-electron chi connectivity index (χ1n) is 7.80. The Kier molecular flexibility index (Phi) is 7.59. The third-order valence-corrected chi connectivity index (χ3v) is 5.50. The number of hydrogen-bond donors (Lipinski definition) is 1. The Hall–Kier alpha value is -0.850. The van der Waals surface area contributed by atoms with E-state index in [4.69, 9.17) is 5.73 Å². The first-order chi connectivity index (χ1) is 10.1. The maximum atomic E-state index is 12.4. The number of carbonyl (C=O) groups is 1. The molecule has 22 heavy (non-hydrogen) atoms. The monoisotopic (exact) mass is 346 g/mol. The summed E-state index contributed by atoms with van der Waals surface area (Å²) in [6.07, 6.45) is 3.92. The van der Waals surface area contributed by atoms with Crippen LogP contribution in [0.25, 0.3) is 0 Å². The molecule has 126 valence electrons. The van der Waals surface area contributed by atoms with Gasteiger partial charge in [0.25, 0.3) is 0 Å². The minimum Gasteiger partial charge on any atom is -0.345 e. The number of amides is 1. The van der Waals surface area contributed by atoms with Gasteiger partial charge < -0.3 is 15.5 Å². The van der Waals surface area contributed by atoms with Crippen molar-refractivity contribution in [1.82, 2.24) is 9.88 Å². The number of piperazine rings is 1. The lowest BCUT2D eigenvalue weighted by molar-refractivity contribution is -0.134. The highest BCUT2D eigenvalue weighted by Crippen LogP contribution is 2.24. The number of nitrogens with two attached hydrogens (primary N) is 1. The fourth-order valence-corrected chi connectivity index (χ4v) is 3.33. The van der Waals surface area contributed by atoms with Crippen LogP contribution < -0.4 is 10.6 Å². The third kappa shape index (κ3) is 4.33. The number of thiazole rings is 1. The van der Waals surface area contributed by atoms with Gasteiger partial charge in [0.1, 0.15) is 0 Å². The van der Waals surface area contributed by atoms with Crippen LogP contribution in [0.1, 0.15) is 32.1 Å². The molecule has 1 aromatic rings. The number of nitrogens with zero attached hydrogens (tertiary/aromatic N) is 3. The molecule has 1 aromatic heterocycles. The number of anilines is 1. The Labute approximate surface area is 143 Å². The molecule has 2 unspecified atom stereocenters. The molecule has 5 nitrogen and oxygen atoms in total. The van der Waals surface area contributed by atoms with Crippen LogP contribution in [0.3, 0.4) is 0 Å². The molecule has 0 bridgehead atoms. The summed E-state index contributed by atoms with van der Waals surface area (Å²) < 4.78 is 0. The van der Waals surface area contributed by atoms with Crippen LogP contribution in [0.15, 0.2) is 6.20 Å². The highest BCUT2D eigenvalue weighted by Gasteiger charge is 2.28. The highest BCUT2D eigenvalue weighted by atomic mass is 35.5. The van der Waals surface area contributed by atoms with Crippen LogP contribution in [0.2, 0.25) is 0 Å². The van der Waals surface area contributed by atoms with Gasteiger partial charge in [0.15, 0.2) is 5.13 Å². The second kappa shape index (κ2) is 8.70. The van der Waals surface area contributed by atoms with E-state index in [1.807, 2.05) is 18.0 Å². The lowest BCUT2D eigenvalue weighted by Gasteiger charge is -2.36. The van der Waals surface area contributed by atoms with E-state index >= 15 is 0 Å². The van der Waals surface area contributed by atoms with Gasteiger partial charge in [-0.05, 0) is 12.3 Å². The van der Waals surface area contributed by atoms with Crippen LogP contribution >= 0.6 is 23.7 Å². The van der Waals surface area contributed by atoms with Crippen molar-refractivity contribution in [2.75, 3.05) is 31.1 Å². The SMILES string of the molecule is CCc1cnc(N2CCN(C(=O)C(N)C(C)CC)CC2)s1.Cl. The van der Waals surface area contributed by atoms with Crippen LogP contribution in [-0.2, 0) is 11.2 Å². The molecule has 0 aromatic carbocycles. The van der Waals surface area contributed by atoms with Gasteiger partial charge in [0, 0.05) is 37.3 Å². The minimum atomic E-state index is -0.367. The molecule has 1 aliphatic rings. The van der Waals surface area contributed by atoms with E-state index in [9.17, 15) is 4.79 Å². The molecule has 2 rings (SSSR count). The molecule has 1 fully saturated rings. The number of aromatic nitrogens is 1. The van der Waals surface area contributed by atoms with E-state index in [1.54, 1.807) is 11.3 Å². The van der Waals surface area contributed by atoms with Crippen molar-refractivity contribution in [3.8, 4) is 0 Å². The van der Waals surface area contributed by atoms with Crippen LogP contribution in [0, 0.1) is 5.92 Å². The van der Waals surface area contributed by atoms with Crippen LogP contribution in [0.4, 0.5) is 5.13 Å². The van der Waals surface area contributed by atoms with Gasteiger partial charge >= 0.3 is 0 Å². The summed E-state index contributed by atoms with van der Waals surface area (Å²) in [7, 11) is 0. The number of carbonyl (C=O) groups excluding carboxylic acids is 1. The summed E-state index contributed by atoms with van der Waals surface area (Å²) in [6, 6.07) is -0.367. The van der Waals surface area contributed by atoms with E-state index < -0.39 is 0 Å². The third-order valence-electron chi connectivity index (χ3n) is 4.29. The summed E-state index contributed by atoms with van der Waals surface area (Å²) in [5.41, 5.74) is 6.05. The van der Waals surface area contributed by atoms with Gasteiger partial charge in [-0.2, -0.15) is 0 Å². The largest absolute Gasteiger partial charge is 0.345 e. The zero-order chi connectivity index (χ0) is 15.4. The fourth-order valence-electron chi connectivity index (χ4n) is 2.43. The Morgan fingerprint density at radius 1 is 1.36 bits per heavy atom. The summed E-state index contributed by atoms with van der Waals surface area (Å²) >= 11 is 1.75. The molecule has 0 radical (unpaired) electrons. The molecule has 2 N–H and O–H groups in total. The van der Waals surface area contributed by atoms with Gasteiger partial charge in [0.2, 0.25) is 5.91 Å². The molecule has 0 saturated carbocycles. The molecule has 0 aliphatic carbocycles. The zero-order valence-electron chi connectivity index (χ0n) is 13.6. The predicted octanol–water partition coefficient (Wildman–Crippen LogP) is 2.15. The standard InChI is InChI=1S/C15H26N4OS.ClH/c1-4-11(3)13(16)14(20)18-6-8-19(9-7-18)15-17-10-12(5-2)21-15;/h10-11,13H,4-9,16H2,1-3H3;1H. The van der Waals surface area contributed by atoms with Gasteiger partial charge in [-0.1, -0.05) is 27.2 Å². The molecule has 7 heteroatoms. The van der Waals surface area contributed by atoms with E-state index in [2.05, 4.69) is 23.7 Å². The van der Waals surface area contributed by atoms with E-state index in [0.717, 1.165) is 44.2 Å². The molecule has 1 saturated heterocycles. The normalized spacial score (nSPS) is 17.8. The molecule has 2 heterocycles. The van der Waals surface area contributed by atoms with Crippen molar-refractivity contribution in [2.24, 2.45) is 11.7 Å². The number of halogens is 1. The highest BCUT2D eigenvalue weighted by molar-refractivity contribution is 7.15. The Morgan fingerprint density at radius 2 is 2.00 bits per heavy atom. The first-order valence-corrected chi connectivity index (χ1v) is 8.62. The predicted molar refractivity (Wildman–Crippen MR) is 95.0 cm³/mol. The molecule has 1 amide bonds. The number of rotatable bonds is 5. The average molecular weight is 347 g/mol. The number of aryl methyl sites for hydroxylation is 1. The van der Waals surface area contributed by atoms with Gasteiger partial charge in [-0.15, -0.1) is 23.7 Å². The first kappa shape index (κ1) is 19.2. The summed E-state index contributed by atoms with van der Waals surface area (Å²) in [4.78, 5) is 22.3. The van der Waals surface area contributed by atoms with Crippen molar-refractivity contribution in [1.29, 1.82) is 0 Å². The smallest absolute Gasteiger partial charge is 0.239 e. The maximum absolute atomic E-state index is 12.4. The molecule has 0 spiro atoms. The van der Waals surface area contributed by atoms with Gasteiger partial charge in [-0.25, -0.2) is 4.98 Å². The molecular weight excluding hydrogens is 320 g/mol. The molecule has 1 aliphatic heterocycles. The quantitative estimate of drug-likeness (QED) is 0.887. The van der Waals surface area contributed by atoms with Gasteiger partial charge in [-0.3, -0.25) is 4.79 Å². The lowest BCUT2D eigenvalue weighted by Crippen LogP contribution is -2.54. The average Bonchev–Trinajstić information content (AvgIpc) is 3.02. The van der Waals surface area contributed by atoms with Gasteiger partial charge in [0.05, 0.1) is 6.04 Å². The van der Waals surface area contributed by atoms with Crippen molar-refractivity contribution < 1.29 is 4.79 Å². The summed E-state index contributed by atoms with van der Waals surface area (Å²) in [5, 5.41) is 1.07. The summed E-state index contributed by atoms with van der Waals surface area (Å²) in [5.74, 6) is 0.332. The van der Waals surface area contributed by atoms with Crippen LogP contribution in [-0.4, -0.2) is 48.0 Å². The van der Waals surface area contributed by atoms with Crippen molar-refractivity contribution in [3.05, 3.63) is 11.1 Å². The second-order valence-corrected chi connectivity index (χ2v) is 6.78. The van der Waals surface area contributed by atoms with E-state index in [0.29, 0.717) is 0 Å². The zero-order valence-corrected chi connectivity index (χ0v) is 15.3. The topological polar surface area (TPSA) is 62.5 Å². The maximum Gasteiger partial charge on any atom is 0.239 e. The van der Waals surface area contributed by atoms with E-state index in [-0.39, 0.29) is 30.3 Å². The second-order valence-electron chi connectivity index (χ2n) is 5.69. The molecule has 2 atom stereocenters. The number of hydrogen-bond acceptors (Lipinski definition) is 5. The Morgan fingerprint density at radius 3 is 2.50 bits per heavy atom. The minimum absolute atomic E-state index is 0. The molecular formula is C15H27ClN4OS. The Bertz CT molecular complexity index is 474. The van der Waals surface area contributed by atoms with Crippen molar-refractivity contribution in [3.63, 3.8) is 0 Å². The van der Waals surface area contributed by atoms with Crippen LogP contribution in [0.5, 0.6) is 0 Å². The summed E-state index contributed by atoms with van der Waals surface area (Å²) in [6.45, 7) is 9.42. The fraction of sp³-hybridized carbons (Fsp3) is 0.733. The van der Waals surface area contributed by atoms with Crippen molar-refractivity contribution in [2.45, 2.75) is 39.7 Å². The Balaban J connectivity index is 0.00000242.